The van der Waals surface area contributed by atoms with Gasteiger partial charge in [-0.2, -0.15) is 0 Å². The summed E-state index contributed by atoms with van der Waals surface area (Å²) in [4.78, 5) is 49.7. The van der Waals surface area contributed by atoms with Gasteiger partial charge in [-0.1, -0.05) is 0 Å². The monoisotopic (exact) mass is 359 g/mol. The average molecular weight is 359 g/mol. The molecule has 0 aromatic heterocycles. The van der Waals surface area contributed by atoms with E-state index in [1.165, 1.54) is 0 Å². The van der Waals surface area contributed by atoms with E-state index in [1.807, 2.05) is 0 Å². The molecule has 10 nitrogen and oxygen atoms in total. The number of carbonyl (C=O) groups is 4. The van der Waals surface area contributed by atoms with Gasteiger partial charge in [-0.05, 0) is 0 Å². The minimum Gasteiger partial charge on any atom is -0.480 e. The summed E-state index contributed by atoms with van der Waals surface area (Å²) in [6, 6.07) is 0. The van der Waals surface area contributed by atoms with Crippen molar-refractivity contribution in [3.63, 3.8) is 0 Å². The third kappa shape index (κ3) is 9.75. The van der Waals surface area contributed by atoms with Crippen LogP contribution >= 0.6 is 0 Å². The van der Waals surface area contributed by atoms with Crippen LogP contribution in [-0.4, -0.2) is 113 Å². The lowest BCUT2D eigenvalue weighted by atomic mass is 10.2. The number of hydrogen-bond acceptors (Lipinski definition) is 7. The van der Waals surface area contributed by atoms with Crippen molar-refractivity contribution in [2.45, 2.75) is 12.8 Å². The van der Waals surface area contributed by atoms with Crippen LogP contribution < -0.4 is 0 Å². The summed E-state index contributed by atoms with van der Waals surface area (Å²) in [5.41, 5.74) is 0. The molecule has 0 amide bonds. The Balaban J connectivity index is 2.78. The Morgan fingerprint density at radius 2 is 0.920 bits per heavy atom. The van der Waals surface area contributed by atoms with E-state index < -0.39 is 17.9 Å². The molecule has 10 heteroatoms. The number of Topliss-reactive ketones (excluding diaryl/α,β-unsaturated/α-hetero) is 1. The van der Waals surface area contributed by atoms with E-state index in [0.717, 1.165) is 0 Å². The molecule has 0 spiro atoms. The first-order valence-electron chi connectivity index (χ1n) is 8.10. The van der Waals surface area contributed by atoms with Crippen molar-refractivity contribution in [1.29, 1.82) is 0 Å². The molecule has 1 fully saturated rings. The van der Waals surface area contributed by atoms with Gasteiger partial charge in [0.1, 0.15) is 5.78 Å². The molecule has 0 bridgehead atoms. The minimum atomic E-state index is -1.00. The molecule has 3 N–H and O–H groups in total. The van der Waals surface area contributed by atoms with Gasteiger partial charge in [0.2, 0.25) is 0 Å². The summed E-state index contributed by atoms with van der Waals surface area (Å²) in [6.07, 6.45) is 0.375. The second-order valence-electron chi connectivity index (χ2n) is 6.05. The first-order chi connectivity index (χ1) is 11.8. The van der Waals surface area contributed by atoms with Crippen LogP contribution in [0, 0.1) is 0 Å². The van der Waals surface area contributed by atoms with Crippen LogP contribution in [0.25, 0.3) is 0 Å². The summed E-state index contributed by atoms with van der Waals surface area (Å²) in [6.45, 7) is 1.25. The number of rotatable bonds is 6. The maximum atomic E-state index is 11.9. The second kappa shape index (κ2) is 10.7. The van der Waals surface area contributed by atoms with Crippen LogP contribution in [0.5, 0.6) is 0 Å². The van der Waals surface area contributed by atoms with Crippen LogP contribution in [0.3, 0.4) is 0 Å². The maximum absolute atomic E-state index is 11.9. The number of carbonyl (C=O) groups excluding carboxylic acids is 1. The summed E-state index contributed by atoms with van der Waals surface area (Å²) >= 11 is 0. The van der Waals surface area contributed by atoms with Crippen molar-refractivity contribution in [3.05, 3.63) is 0 Å². The fraction of sp³-hybridized carbons (Fsp3) is 0.733. The zero-order valence-corrected chi connectivity index (χ0v) is 14.1. The Morgan fingerprint density at radius 3 is 1.20 bits per heavy atom. The van der Waals surface area contributed by atoms with Crippen molar-refractivity contribution in [2.75, 3.05) is 58.9 Å². The number of hydrogen-bond donors (Lipinski definition) is 3. The highest BCUT2D eigenvalue weighted by atomic mass is 16.4. The Hall–Kier alpha value is -2.04. The molecule has 0 aromatic carbocycles. The quantitative estimate of drug-likeness (QED) is 0.514. The summed E-state index contributed by atoms with van der Waals surface area (Å²) in [5.74, 6) is -3.06. The van der Waals surface area contributed by atoms with Crippen LogP contribution in [0.2, 0.25) is 0 Å². The third-order valence-electron chi connectivity index (χ3n) is 3.96. The van der Waals surface area contributed by atoms with Gasteiger partial charge in [-0.3, -0.25) is 33.9 Å². The number of carboxylic acids is 3. The van der Waals surface area contributed by atoms with Gasteiger partial charge in [0.25, 0.3) is 0 Å². The van der Waals surface area contributed by atoms with E-state index >= 15 is 0 Å². The molecule has 0 saturated carbocycles. The molecule has 0 radical (unpaired) electrons. The van der Waals surface area contributed by atoms with Crippen molar-refractivity contribution in [2.24, 2.45) is 0 Å². The SMILES string of the molecule is O=C(O)CN1CCC(=O)CCN(CC(=O)O)CCN(CC(=O)O)CC1. The van der Waals surface area contributed by atoms with Crippen LogP contribution in [-0.2, 0) is 19.2 Å². The van der Waals surface area contributed by atoms with E-state index in [4.69, 9.17) is 15.3 Å². The average Bonchev–Trinajstić information content (AvgIpc) is 2.49. The topological polar surface area (TPSA) is 139 Å². The Bertz CT molecular complexity index is 464. The number of carboxylic acid groups (broad SMARTS) is 3. The molecule has 142 valence electrons. The Labute approximate surface area is 145 Å². The van der Waals surface area contributed by atoms with E-state index in [1.54, 1.807) is 14.7 Å². The van der Waals surface area contributed by atoms with Crippen LogP contribution in [0.1, 0.15) is 12.8 Å². The highest BCUT2D eigenvalue weighted by Crippen LogP contribution is 2.03. The van der Waals surface area contributed by atoms with E-state index in [-0.39, 0.29) is 51.3 Å². The van der Waals surface area contributed by atoms with Crippen LogP contribution in [0.15, 0.2) is 0 Å². The van der Waals surface area contributed by atoms with Crippen LogP contribution in [0.4, 0.5) is 0 Å². The van der Waals surface area contributed by atoms with Crippen molar-refractivity contribution >= 4 is 23.7 Å². The van der Waals surface area contributed by atoms with Crippen molar-refractivity contribution in [3.8, 4) is 0 Å². The molecule has 0 unspecified atom stereocenters. The largest absolute Gasteiger partial charge is 0.480 e. The van der Waals surface area contributed by atoms with Gasteiger partial charge < -0.3 is 15.3 Å². The van der Waals surface area contributed by atoms with Crippen molar-refractivity contribution in [1.82, 2.24) is 14.7 Å². The Morgan fingerprint density at radius 1 is 0.640 bits per heavy atom. The van der Waals surface area contributed by atoms with Gasteiger partial charge in [0, 0.05) is 52.1 Å². The van der Waals surface area contributed by atoms with Gasteiger partial charge >= 0.3 is 17.9 Å². The smallest absolute Gasteiger partial charge is 0.317 e. The second-order valence-corrected chi connectivity index (χ2v) is 6.05. The Kier molecular flexibility index (Phi) is 9.03. The first-order valence-corrected chi connectivity index (χ1v) is 8.10. The molecule has 1 saturated heterocycles. The molecule has 0 atom stereocenters. The van der Waals surface area contributed by atoms with Gasteiger partial charge in [-0.15, -0.1) is 0 Å². The molecular formula is C15H25N3O7. The number of aliphatic carboxylic acids is 3. The molecule has 25 heavy (non-hydrogen) atoms. The van der Waals surface area contributed by atoms with Gasteiger partial charge in [0.05, 0.1) is 19.6 Å². The lowest BCUT2D eigenvalue weighted by Crippen LogP contribution is -2.45. The molecule has 0 aliphatic carbocycles. The molecule has 1 rings (SSSR count). The van der Waals surface area contributed by atoms with E-state index in [9.17, 15) is 19.2 Å². The zero-order valence-electron chi connectivity index (χ0n) is 14.1. The predicted octanol–water partition coefficient (Wildman–Crippen LogP) is -1.49. The molecular weight excluding hydrogens is 334 g/mol. The molecule has 1 aliphatic rings. The summed E-state index contributed by atoms with van der Waals surface area (Å²) < 4.78 is 0. The zero-order chi connectivity index (χ0) is 18.8. The fourth-order valence-electron chi connectivity index (χ4n) is 2.64. The summed E-state index contributed by atoms with van der Waals surface area (Å²) in [5, 5.41) is 26.9. The van der Waals surface area contributed by atoms with Gasteiger partial charge in [0.15, 0.2) is 0 Å². The maximum Gasteiger partial charge on any atom is 0.317 e. The number of nitrogens with zero attached hydrogens (tertiary/aromatic N) is 3. The fourth-order valence-corrected chi connectivity index (χ4v) is 2.64. The minimum absolute atomic E-state index is 0.0475. The highest BCUT2D eigenvalue weighted by Gasteiger charge is 2.19. The normalized spacial score (nSPS) is 19.8. The summed E-state index contributed by atoms with van der Waals surface area (Å²) in [7, 11) is 0. The van der Waals surface area contributed by atoms with E-state index in [0.29, 0.717) is 26.2 Å². The molecule has 1 heterocycles. The molecule has 0 aromatic rings. The predicted molar refractivity (Wildman–Crippen MR) is 86.5 cm³/mol. The number of ketones is 1. The lowest BCUT2D eigenvalue weighted by molar-refractivity contribution is -0.140. The lowest BCUT2D eigenvalue weighted by Gasteiger charge is -2.29. The highest BCUT2D eigenvalue weighted by molar-refractivity contribution is 5.79. The van der Waals surface area contributed by atoms with Gasteiger partial charge in [-0.25, -0.2) is 0 Å². The molecule has 1 aliphatic heterocycles. The third-order valence-corrected chi connectivity index (χ3v) is 3.96. The van der Waals surface area contributed by atoms with E-state index in [2.05, 4.69) is 0 Å². The first kappa shape index (κ1) is 21.0. The van der Waals surface area contributed by atoms with Crippen molar-refractivity contribution < 1.29 is 34.5 Å². The standard InChI is InChI=1S/C15H25N3O7/c19-12-1-3-16(9-13(20)21)5-7-18(11-15(24)25)8-6-17(4-2-12)10-14(22)23/h1-11H2,(H,20,21)(H,22,23)(H,24,25).